The minimum absolute atomic E-state index is 0.00634. The second-order valence-corrected chi connectivity index (χ2v) is 9.22. The Bertz CT molecular complexity index is 1500. The summed E-state index contributed by atoms with van der Waals surface area (Å²) in [5.74, 6) is 0.241. The van der Waals surface area contributed by atoms with Crippen molar-refractivity contribution in [1.82, 2.24) is 14.6 Å². The molecule has 0 radical (unpaired) electrons. The molecule has 2 N–H and O–H groups in total. The molecule has 0 unspecified atom stereocenters. The molecule has 0 saturated carbocycles. The average molecular weight is 513 g/mol. The molecule has 8 heteroatoms. The van der Waals surface area contributed by atoms with Crippen LogP contribution in [0.5, 0.6) is 5.75 Å². The molecule has 0 aliphatic rings. The highest BCUT2D eigenvalue weighted by Crippen LogP contribution is 2.37. The molecule has 0 atom stereocenters. The number of aryl methyl sites for hydroxylation is 3. The van der Waals surface area contributed by atoms with Crippen molar-refractivity contribution in [1.29, 1.82) is 0 Å². The number of methoxy groups -OCH3 is 1. The van der Waals surface area contributed by atoms with Crippen LogP contribution in [-0.2, 0) is 0 Å². The number of anilines is 1. The van der Waals surface area contributed by atoms with E-state index >= 15 is 0 Å². The maximum Gasteiger partial charge on any atom is 0.277 e. The number of ether oxygens (including phenoxy) is 1. The van der Waals surface area contributed by atoms with Gasteiger partial charge in [-0.05, 0) is 80.8 Å². The van der Waals surface area contributed by atoms with Crippen LogP contribution in [0.1, 0.15) is 44.6 Å². The Kier molecular flexibility index (Phi) is 7.52. The number of amides is 2. The fourth-order valence-corrected chi connectivity index (χ4v) is 4.53. The zero-order chi connectivity index (χ0) is 27.6. The van der Waals surface area contributed by atoms with Gasteiger partial charge >= 0.3 is 0 Å². The number of hydrogen-bond donors (Lipinski definition) is 2. The smallest absolute Gasteiger partial charge is 0.277 e. The summed E-state index contributed by atoms with van der Waals surface area (Å²) in [6, 6.07) is 18.3. The molecule has 1 aromatic heterocycles. The normalized spacial score (nSPS) is 10.8. The monoisotopic (exact) mass is 512 g/mol. The highest BCUT2D eigenvalue weighted by atomic mass is 16.5. The van der Waals surface area contributed by atoms with E-state index in [-0.39, 0.29) is 17.4 Å². The summed E-state index contributed by atoms with van der Waals surface area (Å²) in [6.07, 6.45) is 0. The maximum absolute atomic E-state index is 13.2. The van der Waals surface area contributed by atoms with Crippen molar-refractivity contribution in [3.8, 4) is 28.3 Å². The van der Waals surface area contributed by atoms with E-state index in [2.05, 4.69) is 10.3 Å². The lowest BCUT2D eigenvalue weighted by atomic mass is 9.93. The standard InChI is InChI=1S/C30H32N4O4/c1-7-33(5)30(36)22-12-9-13-23(16-22)32-29(35)27-20(4)31-28(34(27)37)21-14-15-25(38-6)24(17-21)26-18(2)10-8-11-19(26)3/h8-17,37H,7H2,1-6H3,(H,32,35). The molecule has 0 fully saturated rings. The van der Waals surface area contributed by atoms with Crippen LogP contribution in [0, 0.1) is 20.8 Å². The summed E-state index contributed by atoms with van der Waals surface area (Å²) in [5.41, 5.74) is 5.99. The molecule has 1 heterocycles. The SMILES string of the molecule is CCN(C)C(=O)c1cccc(NC(=O)c2c(C)nc(-c3ccc(OC)c(-c4c(C)cccc4C)c3)n2O)c1. The van der Waals surface area contributed by atoms with Crippen molar-refractivity contribution in [3.05, 3.63) is 88.7 Å². The van der Waals surface area contributed by atoms with E-state index in [0.29, 0.717) is 34.8 Å². The molecule has 38 heavy (non-hydrogen) atoms. The molecule has 196 valence electrons. The van der Waals surface area contributed by atoms with E-state index in [1.54, 1.807) is 56.3 Å². The van der Waals surface area contributed by atoms with Crippen LogP contribution in [0.4, 0.5) is 5.69 Å². The first-order valence-electron chi connectivity index (χ1n) is 12.4. The lowest BCUT2D eigenvalue weighted by molar-refractivity contribution is 0.0802. The predicted octanol–water partition coefficient (Wildman–Crippen LogP) is 5.73. The second-order valence-electron chi connectivity index (χ2n) is 9.22. The Labute approximate surface area is 222 Å². The van der Waals surface area contributed by atoms with Gasteiger partial charge in [-0.2, -0.15) is 4.73 Å². The first kappa shape index (κ1) is 26.5. The number of carbonyl (C=O) groups is 2. The van der Waals surface area contributed by atoms with Crippen molar-refractivity contribution in [2.24, 2.45) is 0 Å². The Balaban J connectivity index is 1.69. The van der Waals surface area contributed by atoms with E-state index in [9.17, 15) is 14.8 Å². The van der Waals surface area contributed by atoms with Gasteiger partial charge in [-0.1, -0.05) is 24.3 Å². The van der Waals surface area contributed by atoms with Gasteiger partial charge in [0.05, 0.1) is 12.8 Å². The van der Waals surface area contributed by atoms with Crippen molar-refractivity contribution in [2.75, 3.05) is 26.0 Å². The van der Waals surface area contributed by atoms with Crippen molar-refractivity contribution in [3.63, 3.8) is 0 Å². The maximum atomic E-state index is 13.2. The lowest BCUT2D eigenvalue weighted by Gasteiger charge is -2.15. The van der Waals surface area contributed by atoms with Crippen LogP contribution >= 0.6 is 0 Å². The van der Waals surface area contributed by atoms with Crippen molar-refractivity contribution in [2.45, 2.75) is 27.7 Å². The Hall–Kier alpha value is -4.59. The van der Waals surface area contributed by atoms with E-state index in [1.807, 2.05) is 51.1 Å². The fourth-order valence-electron chi connectivity index (χ4n) is 4.53. The minimum atomic E-state index is -0.541. The zero-order valence-electron chi connectivity index (χ0n) is 22.5. The summed E-state index contributed by atoms with van der Waals surface area (Å²) >= 11 is 0. The molecule has 0 spiro atoms. The molecule has 3 aromatic carbocycles. The van der Waals surface area contributed by atoms with Crippen LogP contribution < -0.4 is 10.1 Å². The third-order valence-corrected chi connectivity index (χ3v) is 6.64. The fraction of sp³-hybridized carbons (Fsp3) is 0.233. The summed E-state index contributed by atoms with van der Waals surface area (Å²) < 4.78 is 6.44. The number of rotatable bonds is 7. The van der Waals surface area contributed by atoms with Crippen LogP contribution in [0.3, 0.4) is 0 Å². The van der Waals surface area contributed by atoms with Crippen LogP contribution in [0.2, 0.25) is 0 Å². The molecule has 4 aromatic rings. The minimum Gasteiger partial charge on any atom is -0.496 e. The number of nitrogens with one attached hydrogen (secondary N) is 1. The van der Waals surface area contributed by atoms with E-state index in [0.717, 1.165) is 27.0 Å². The molecule has 4 rings (SSSR count). The Morgan fingerprint density at radius 2 is 1.71 bits per heavy atom. The third-order valence-electron chi connectivity index (χ3n) is 6.64. The molecule has 0 aliphatic carbocycles. The number of nitrogens with zero attached hydrogens (tertiary/aromatic N) is 3. The van der Waals surface area contributed by atoms with Gasteiger partial charge in [-0.3, -0.25) is 9.59 Å². The molecule has 0 bridgehead atoms. The summed E-state index contributed by atoms with van der Waals surface area (Å²) in [4.78, 5) is 31.8. The largest absolute Gasteiger partial charge is 0.496 e. The average Bonchev–Trinajstić information content (AvgIpc) is 3.21. The van der Waals surface area contributed by atoms with Crippen molar-refractivity contribution < 1.29 is 19.5 Å². The topological polar surface area (TPSA) is 96.7 Å². The summed E-state index contributed by atoms with van der Waals surface area (Å²) in [7, 11) is 3.34. The van der Waals surface area contributed by atoms with E-state index in [4.69, 9.17) is 4.74 Å². The Morgan fingerprint density at radius 3 is 2.37 bits per heavy atom. The molecule has 2 amide bonds. The quantitative estimate of drug-likeness (QED) is 0.308. The van der Waals surface area contributed by atoms with Gasteiger partial charge in [0.2, 0.25) is 0 Å². The van der Waals surface area contributed by atoms with Gasteiger partial charge in [0.1, 0.15) is 5.75 Å². The summed E-state index contributed by atoms with van der Waals surface area (Å²) in [6.45, 7) is 8.20. The zero-order valence-corrected chi connectivity index (χ0v) is 22.5. The Morgan fingerprint density at radius 1 is 1.03 bits per heavy atom. The van der Waals surface area contributed by atoms with Gasteiger partial charge in [0.25, 0.3) is 11.8 Å². The highest BCUT2D eigenvalue weighted by Gasteiger charge is 2.23. The number of benzene rings is 3. The van der Waals surface area contributed by atoms with E-state index in [1.165, 1.54) is 0 Å². The molecule has 0 saturated heterocycles. The first-order valence-corrected chi connectivity index (χ1v) is 12.4. The third kappa shape index (κ3) is 4.98. The number of imidazole rings is 1. The molecular weight excluding hydrogens is 480 g/mol. The number of aromatic nitrogens is 2. The van der Waals surface area contributed by atoms with Gasteiger partial charge < -0.3 is 20.2 Å². The lowest BCUT2D eigenvalue weighted by Crippen LogP contribution is -2.26. The second kappa shape index (κ2) is 10.8. The van der Waals surface area contributed by atoms with Crippen LogP contribution in [-0.4, -0.2) is 52.3 Å². The summed E-state index contributed by atoms with van der Waals surface area (Å²) in [5, 5.41) is 13.8. The van der Waals surface area contributed by atoms with Crippen LogP contribution in [0.25, 0.3) is 22.5 Å². The van der Waals surface area contributed by atoms with Gasteiger partial charge in [0, 0.05) is 36.0 Å². The van der Waals surface area contributed by atoms with Gasteiger partial charge in [-0.15, -0.1) is 0 Å². The van der Waals surface area contributed by atoms with Crippen molar-refractivity contribution >= 4 is 17.5 Å². The van der Waals surface area contributed by atoms with E-state index < -0.39 is 5.91 Å². The number of carbonyl (C=O) groups excluding carboxylic acids is 2. The first-order chi connectivity index (χ1) is 18.2. The van der Waals surface area contributed by atoms with Gasteiger partial charge in [0.15, 0.2) is 11.5 Å². The molecular formula is C30H32N4O4. The predicted molar refractivity (Wildman–Crippen MR) is 148 cm³/mol. The van der Waals surface area contributed by atoms with Crippen LogP contribution in [0.15, 0.2) is 60.7 Å². The molecule has 8 nitrogen and oxygen atoms in total. The number of hydrogen-bond acceptors (Lipinski definition) is 5. The van der Waals surface area contributed by atoms with Gasteiger partial charge in [-0.25, -0.2) is 4.98 Å². The highest BCUT2D eigenvalue weighted by molar-refractivity contribution is 6.05. The molecule has 0 aliphatic heterocycles.